The molecule has 17 heavy (non-hydrogen) atoms. The number of carbonyl (C=O) groups is 1. The predicted octanol–water partition coefficient (Wildman–Crippen LogP) is -1.70. The summed E-state index contributed by atoms with van der Waals surface area (Å²) in [5.74, 6) is 4.48. The van der Waals surface area contributed by atoms with Gasteiger partial charge in [-0.2, -0.15) is 0 Å². The minimum Gasteiger partial charge on any atom is -0.389 e. The van der Waals surface area contributed by atoms with Gasteiger partial charge in [0.1, 0.15) is 6.10 Å². The molecular weight excluding hydrogens is 224 g/mol. The smallest absolute Gasteiger partial charge is 0.266 e. The maximum Gasteiger partial charge on any atom is 0.266 e. The van der Waals surface area contributed by atoms with Gasteiger partial charge < -0.3 is 15.5 Å². The van der Waals surface area contributed by atoms with Crippen LogP contribution in [-0.2, 0) is 0 Å². The summed E-state index contributed by atoms with van der Waals surface area (Å²) in [7, 11) is 1.66. The van der Waals surface area contributed by atoms with Crippen LogP contribution in [0.4, 0.5) is 0 Å². The van der Waals surface area contributed by atoms with Crippen LogP contribution in [-0.4, -0.2) is 40.8 Å². The van der Waals surface area contributed by atoms with Gasteiger partial charge in [-0.1, -0.05) is 0 Å². The third-order valence-electron chi connectivity index (χ3n) is 2.27. The minimum atomic E-state index is -1.11. The quantitative estimate of drug-likeness (QED) is 0.238. The molecular formula is C10H16N4O3. The number of carbonyl (C=O) groups excluding carboxylic acids is 1. The van der Waals surface area contributed by atoms with E-state index < -0.39 is 18.1 Å². The zero-order valence-electron chi connectivity index (χ0n) is 9.42. The summed E-state index contributed by atoms with van der Waals surface area (Å²) in [4.78, 5) is 15.1. The lowest BCUT2D eigenvalue weighted by Gasteiger charge is -2.17. The molecule has 2 unspecified atom stereocenters. The largest absolute Gasteiger partial charge is 0.389 e. The molecule has 0 aliphatic rings. The van der Waals surface area contributed by atoms with Crippen LogP contribution in [0.15, 0.2) is 18.5 Å². The number of pyridine rings is 1. The SMILES string of the molecule is CNCC(O)C(O)c1cncc(C(=O)NN)c1. The number of likely N-dealkylation sites (N-methyl/N-ethyl adjacent to an activating group) is 1. The number of hydrogen-bond acceptors (Lipinski definition) is 6. The molecule has 94 valence electrons. The summed E-state index contributed by atoms with van der Waals surface area (Å²) in [6.45, 7) is 0.231. The van der Waals surface area contributed by atoms with E-state index in [0.717, 1.165) is 0 Å². The minimum absolute atomic E-state index is 0.223. The Kier molecular flexibility index (Phi) is 4.98. The van der Waals surface area contributed by atoms with Crippen molar-refractivity contribution >= 4 is 5.91 Å². The summed E-state index contributed by atoms with van der Waals surface area (Å²) in [5, 5.41) is 22.1. The van der Waals surface area contributed by atoms with Crippen LogP contribution in [0.1, 0.15) is 22.0 Å². The molecule has 0 fully saturated rings. The second kappa shape index (κ2) is 6.26. The fourth-order valence-corrected chi connectivity index (χ4v) is 1.37. The number of hydrogen-bond donors (Lipinski definition) is 5. The zero-order valence-corrected chi connectivity index (χ0v) is 9.42. The van der Waals surface area contributed by atoms with Gasteiger partial charge in [-0.15, -0.1) is 0 Å². The standard InChI is InChI=1S/C10H16N4O3/c1-12-5-8(15)9(16)6-2-7(4-13-3-6)10(17)14-11/h2-4,8-9,12,15-16H,5,11H2,1H3,(H,14,17). The number of aromatic nitrogens is 1. The van der Waals surface area contributed by atoms with Crippen molar-refractivity contribution in [2.24, 2.45) is 5.84 Å². The van der Waals surface area contributed by atoms with Gasteiger partial charge in [-0.05, 0) is 13.1 Å². The first-order chi connectivity index (χ1) is 8.10. The van der Waals surface area contributed by atoms with Gasteiger partial charge in [0.15, 0.2) is 0 Å². The highest BCUT2D eigenvalue weighted by Crippen LogP contribution is 2.16. The van der Waals surface area contributed by atoms with Crippen LogP contribution in [0.3, 0.4) is 0 Å². The first-order valence-electron chi connectivity index (χ1n) is 5.06. The molecule has 0 saturated heterocycles. The van der Waals surface area contributed by atoms with Gasteiger partial charge in [-0.25, -0.2) is 5.84 Å². The van der Waals surface area contributed by atoms with Gasteiger partial charge in [0, 0.05) is 24.5 Å². The third kappa shape index (κ3) is 3.46. The Labute approximate surface area is 98.6 Å². The van der Waals surface area contributed by atoms with E-state index in [4.69, 9.17) is 5.84 Å². The van der Waals surface area contributed by atoms with Crippen molar-refractivity contribution in [1.82, 2.24) is 15.7 Å². The first kappa shape index (κ1) is 13.5. The summed E-state index contributed by atoms with van der Waals surface area (Å²) < 4.78 is 0. The van der Waals surface area contributed by atoms with E-state index in [1.54, 1.807) is 7.05 Å². The lowest BCUT2D eigenvalue weighted by Crippen LogP contribution is -2.31. The van der Waals surface area contributed by atoms with Crippen molar-refractivity contribution in [1.29, 1.82) is 0 Å². The molecule has 7 nitrogen and oxygen atoms in total. The number of hydrazine groups is 1. The van der Waals surface area contributed by atoms with Crippen molar-refractivity contribution < 1.29 is 15.0 Å². The van der Waals surface area contributed by atoms with Crippen molar-refractivity contribution in [2.75, 3.05) is 13.6 Å². The van der Waals surface area contributed by atoms with E-state index in [1.807, 2.05) is 5.43 Å². The molecule has 1 aromatic rings. The van der Waals surface area contributed by atoms with Crippen molar-refractivity contribution in [3.63, 3.8) is 0 Å². The maximum atomic E-state index is 11.3. The fraction of sp³-hybridized carbons (Fsp3) is 0.400. The molecule has 0 radical (unpaired) electrons. The molecule has 0 spiro atoms. The number of amides is 1. The van der Waals surface area contributed by atoms with Crippen molar-refractivity contribution in [2.45, 2.75) is 12.2 Å². The highest BCUT2D eigenvalue weighted by molar-refractivity contribution is 5.93. The zero-order chi connectivity index (χ0) is 12.8. The lowest BCUT2D eigenvalue weighted by atomic mass is 10.0. The number of nitrogens with one attached hydrogen (secondary N) is 2. The molecule has 1 heterocycles. The lowest BCUT2D eigenvalue weighted by molar-refractivity contribution is 0.0200. The highest BCUT2D eigenvalue weighted by atomic mass is 16.3. The summed E-state index contributed by atoms with van der Waals surface area (Å²) in [6.07, 6.45) is 0.623. The van der Waals surface area contributed by atoms with E-state index in [0.29, 0.717) is 5.56 Å². The van der Waals surface area contributed by atoms with Crippen LogP contribution >= 0.6 is 0 Å². The normalized spacial score (nSPS) is 14.1. The van der Waals surface area contributed by atoms with Gasteiger partial charge in [-0.3, -0.25) is 15.2 Å². The molecule has 6 N–H and O–H groups in total. The van der Waals surface area contributed by atoms with E-state index in [1.165, 1.54) is 18.5 Å². The molecule has 0 aliphatic carbocycles. The maximum absolute atomic E-state index is 11.3. The summed E-state index contributed by atoms with van der Waals surface area (Å²) in [6, 6.07) is 1.43. The van der Waals surface area contributed by atoms with Crippen LogP contribution in [0.2, 0.25) is 0 Å². The molecule has 1 rings (SSSR count). The number of rotatable bonds is 5. The topological polar surface area (TPSA) is 120 Å². The van der Waals surface area contributed by atoms with Crippen LogP contribution in [0.5, 0.6) is 0 Å². The molecule has 0 saturated carbocycles. The Morgan fingerprint density at radius 3 is 2.82 bits per heavy atom. The molecule has 0 bridgehead atoms. The van der Waals surface area contributed by atoms with Crippen molar-refractivity contribution in [3.8, 4) is 0 Å². The van der Waals surface area contributed by atoms with Crippen LogP contribution in [0, 0.1) is 0 Å². The van der Waals surface area contributed by atoms with Crippen LogP contribution in [0.25, 0.3) is 0 Å². The Morgan fingerprint density at radius 1 is 1.53 bits per heavy atom. The number of aliphatic hydroxyl groups excluding tert-OH is 2. The van der Waals surface area contributed by atoms with E-state index >= 15 is 0 Å². The number of nitrogen functional groups attached to an aromatic ring is 1. The second-order valence-electron chi connectivity index (χ2n) is 3.55. The Bertz CT molecular complexity index is 386. The molecule has 0 aromatic carbocycles. The Morgan fingerprint density at radius 2 is 2.24 bits per heavy atom. The molecule has 1 amide bonds. The predicted molar refractivity (Wildman–Crippen MR) is 60.8 cm³/mol. The van der Waals surface area contributed by atoms with Gasteiger partial charge in [0.05, 0.1) is 11.7 Å². The Hall–Kier alpha value is -1.54. The fourth-order valence-electron chi connectivity index (χ4n) is 1.37. The van der Waals surface area contributed by atoms with Gasteiger partial charge in [0.25, 0.3) is 5.91 Å². The average molecular weight is 240 g/mol. The van der Waals surface area contributed by atoms with Gasteiger partial charge in [0.2, 0.25) is 0 Å². The summed E-state index contributed by atoms with van der Waals surface area (Å²) >= 11 is 0. The highest BCUT2D eigenvalue weighted by Gasteiger charge is 2.19. The third-order valence-corrected chi connectivity index (χ3v) is 2.27. The number of nitrogens with two attached hydrogens (primary N) is 1. The van der Waals surface area contributed by atoms with E-state index in [2.05, 4.69) is 10.3 Å². The van der Waals surface area contributed by atoms with E-state index in [-0.39, 0.29) is 12.1 Å². The number of nitrogens with zero attached hydrogens (tertiary/aromatic N) is 1. The first-order valence-corrected chi connectivity index (χ1v) is 5.06. The molecule has 1 aromatic heterocycles. The molecule has 0 aliphatic heterocycles. The second-order valence-corrected chi connectivity index (χ2v) is 3.55. The monoisotopic (exact) mass is 240 g/mol. The van der Waals surface area contributed by atoms with Crippen LogP contribution < -0.4 is 16.6 Å². The van der Waals surface area contributed by atoms with Gasteiger partial charge >= 0.3 is 0 Å². The molecule has 2 atom stereocenters. The average Bonchev–Trinajstić information content (AvgIpc) is 2.37. The summed E-state index contributed by atoms with van der Waals surface area (Å²) in [5.41, 5.74) is 2.54. The van der Waals surface area contributed by atoms with E-state index in [9.17, 15) is 15.0 Å². The Balaban J connectivity index is 2.87. The number of aliphatic hydroxyl groups is 2. The molecule has 7 heteroatoms. The van der Waals surface area contributed by atoms with Crippen molar-refractivity contribution in [3.05, 3.63) is 29.6 Å².